The minimum absolute atomic E-state index is 0.0851. The number of unbranched alkanes of at least 4 members (excludes halogenated alkanes) is 6. The Morgan fingerprint density at radius 1 is 0.767 bits per heavy atom. The summed E-state index contributed by atoms with van der Waals surface area (Å²) in [6, 6.07) is 16.4. The van der Waals surface area contributed by atoms with Gasteiger partial charge in [0.2, 0.25) is 0 Å². The topological polar surface area (TPSA) is 132 Å². The molecule has 1 unspecified atom stereocenters. The molecule has 0 saturated carbocycles. The van der Waals surface area contributed by atoms with Crippen LogP contribution in [0.3, 0.4) is 0 Å². The van der Waals surface area contributed by atoms with Crippen molar-refractivity contribution < 1.29 is 23.0 Å². The van der Waals surface area contributed by atoms with Gasteiger partial charge in [-0.25, -0.2) is 9.71 Å². The van der Waals surface area contributed by atoms with Crippen LogP contribution in [0.1, 0.15) is 87.7 Å². The number of hydrogen-bond donors (Lipinski definition) is 2. The van der Waals surface area contributed by atoms with Gasteiger partial charge >= 0.3 is 0 Å². The molecule has 3 N–H and O–H groups in total. The van der Waals surface area contributed by atoms with Gasteiger partial charge in [0.1, 0.15) is 18.1 Å². The van der Waals surface area contributed by atoms with Crippen LogP contribution in [0.4, 0.5) is 0 Å². The van der Waals surface area contributed by atoms with Gasteiger partial charge in [-0.15, -0.1) is 0 Å². The predicted octanol–water partition coefficient (Wildman–Crippen LogP) is 5.74. The molecule has 3 aromatic rings. The normalized spacial score (nSPS) is 12.3. The van der Waals surface area contributed by atoms with E-state index in [1.165, 1.54) is 43.0 Å². The van der Waals surface area contributed by atoms with Crippen LogP contribution in [0.5, 0.6) is 11.5 Å². The van der Waals surface area contributed by atoms with E-state index in [0.717, 1.165) is 63.5 Å². The van der Waals surface area contributed by atoms with Gasteiger partial charge in [-0.3, -0.25) is 9.19 Å². The number of benzene rings is 2. The highest BCUT2D eigenvalue weighted by Crippen LogP contribution is 2.33. The molecule has 3 rings (SSSR count). The molecule has 0 radical (unpaired) electrons. The Hall–Kier alpha value is -2.89. The van der Waals surface area contributed by atoms with Gasteiger partial charge < -0.3 is 24.5 Å². The van der Waals surface area contributed by atoms with E-state index in [-0.39, 0.29) is 18.6 Å². The molecular weight excluding hydrogens is 564 g/mol. The Labute approximate surface area is 259 Å². The summed E-state index contributed by atoms with van der Waals surface area (Å²) in [5.41, 5.74) is 8.82. The number of nitrogens with two attached hydrogens (primary N) is 1. The van der Waals surface area contributed by atoms with E-state index >= 15 is 0 Å². The first kappa shape index (κ1) is 34.6. The van der Waals surface area contributed by atoms with Crippen LogP contribution in [-0.4, -0.2) is 45.1 Å². The highest BCUT2D eigenvalue weighted by molar-refractivity contribution is 7.77. The number of aromatic nitrogens is 2. The zero-order valence-electron chi connectivity index (χ0n) is 25.6. The quantitative estimate of drug-likeness (QED) is 0.109. The summed E-state index contributed by atoms with van der Waals surface area (Å²) in [7, 11) is 0. The van der Waals surface area contributed by atoms with E-state index in [0.29, 0.717) is 11.4 Å². The van der Waals surface area contributed by atoms with Crippen LogP contribution >= 0.6 is 0 Å². The van der Waals surface area contributed by atoms with Crippen molar-refractivity contribution >= 4 is 11.3 Å². The summed E-state index contributed by atoms with van der Waals surface area (Å²) in [5, 5.41) is 0. The molecule has 0 aliphatic heterocycles. The van der Waals surface area contributed by atoms with Crippen molar-refractivity contribution in [3.63, 3.8) is 0 Å². The third-order valence-electron chi connectivity index (χ3n) is 7.34. The molecule has 1 aromatic heterocycles. The predicted molar refractivity (Wildman–Crippen MR) is 169 cm³/mol. The molecule has 236 valence electrons. The standard InChI is InChI=1S/C33H48N4O5S/c1-33(2,28-13-17-32(18-14-28)42-26-30-24-35-23-29(37-30)25-36-43(38)39)27-11-15-31(16-12-27)41-22-9-6-4-3-5-8-20-40-21-10-7-19-34/h11-18,23-24,36H,3-10,19-22,25-26,34H2,1-2H3,(H,38,39)/p-1. The molecule has 43 heavy (non-hydrogen) atoms. The van der Waals surface area contributed by atoms with Gasteiger partial charge in [-0.2, -0.15) is 0 Å². The molecule has 0 saturated heterocycles. The Morgan fingerprint density at radius 2 is 1.30 bits per heavy atom. The first-order chi connectivity index (χ1) is 20.9. The molecule has 9 nitrogen and oxygen atoms in total. The molecule has 1 atom stereocenters. The van der Waals surface area contributed by atoms with Crippen molar-refractivity contribution in [1.29, 1.82) is 0 Å². The monoisotopic (exact) mass is 611 g/mol. The minimum atomic E-state index is -2.35. The largest absolute Gasteiger partial charge is 0.760 e. The lowest BCUT2D eigenvalue weighted by atomic mass is 9.78. The molecule has 2 aromatic carbocycles. The Morgan fingerprint density at radius 3 is 1.91 bits per heavy atom. The molecule has 0 spiro atoms. The molecule has 0 amide bonds. The fourth-order valence-corrected chi connectivity index (χ4v) is 4.92. The minimum Gasteiger partial charge on any atom is -0.760 e. The summed E-state index contributed by atoms with van der Waals surface area (Å²) >= 11 is -2.35. The van der Waals surface area contributed by atoms with E-state index in [1.807, 2.05) is 12.1 Å². The third kappa shape index (κ3) is 13.1. The molecule has 0 fully saturated rings. The molecule has 0 aliphatic rings. The maximum atomic E-state index is 10.7. The van der Waals surface area contributed by atoms with Crippen molar-refractivity contribution in [1.82, 2.24) is 14.7 Å². The fraction of sp³-hybridized carbons (Fsp3) is 0.515. The third-order valence-corrected chi connectivity index (χ3v) is 7.72. The summed E-state index contributed by atoms with van der Waals surface area (Å²) < 4.78 is 41.2. The Bertz CT molecular complexity index is 1210. The highest BCUT2D eigenvalue weighted by atomic mass is 32.2. The summed E-state index contributed by atoms with van der Waals surface area (Å²) in [5.74, 6) is 1.62. The van der Waals surface area contributed by atoms with Gasteiger partial charge in [-0.1, -0.05) is 63.8 Å². The van der Waals surface area contributed by atoms with E-state index in [4.69, 9.17) is 19.9 Å². The Kier molecular flexibility index (Phi) is 15.6. The van der Waals surface area contributed by atoms with Crippen LogP contribution in [0, 0.1) is 0 Å². The fourth-order valence-electron chi connectivity index (χ4n) is 4.65. The van der Waals surface area contributed by atoms with Gasteiger partial charge in [0, 0.05) is 36.1 Å². The van der Waals surface area contributed by atoms with Gasteiger partial charge in [0.05, 0.1) is 30.7 Å². The van der Waals surface area contributed by atoms with Crippen LogP contribution < -0.4 is 19.9 Å². The highest BCUT2D eigenvalue weighted by Gasteiger charge is 2.23. The maximum Gasteiger partial charge on any atom is 0.132 e. The number of nitrogens with zero attached hydrogens (tertiary/aromatic N) is 2. The first-order valence-electron chi connectivity index (χ1n) is 15.3. The number of nitrogens with one attached hydrogen (secondary N) is 1. The van der Waals surface area contributed by atoms with E-state index in [1.54, 1.807) is 6.20 Å². The first-order valence-corrected chi connectivity index (χ1v) is 16.3. The van der Waals surface area contributed by atoms with Gasteiger partial charge in [0.15, 0.2) is 0 Å². The smallest absolute Gasteiger partial charge is 0.132 e. The zero-order valence-corrected chi connectivity index (χ0v) is 26.4. The molecule has 1 heterocycles. The average molecular weight is 612 g/mol. The van der Waals surface area contributed by atoms with Crippen LogP contribution in [0.2, 0.25) is 0 Å². The second-order valence-corrected chi connectivity index (χ2v) is 11.9. The van der Waals surface area contributed by atoms with E-state index < -0.39 is 11.3 Å². The van der Waals surface area contributed by atoms with Gasteiger partial charge in [0.25, 0.3) is 0 Å². The maximum absolute atomic E-state index is 10.7. The summed E-state index contributed by atoms with van der Waals surface area (Å²) in [4.78, 5) is 8.49. The lowest BCUT2D eigenvalue weighted by molar-refractivity contribution is 0.126. The van der Waals surface area contributed by atoms with Crippen molar-refractivity contribution in [2.75, 3.05) is 26.4 Å². The summed E-state index contributed by atoms with van der Waals surface area (Å²) in [6.07, 6.45) is 12.3. The van der Waals surface area contributed by atoms with Gasteiger partial charge in [-0.05, 0) is 67.6 Å². The second-order valence-electron chi connectivity index (χ2n) is 11.1. The zero-order chi connectivity index (χ0) is 30.8. The molecular formula is C33H47N4O5S-. The van der Waals surface area contributed by atoms with Crippen LogP contribution in [0.15, 0.2) is 60.9 Å². The van der Waals surface area contributed by atoms with Crippen molar-refractivity contribution in [3.05, 3.63) is 83.4 Å². The Balaban J connectivity index is 1.35. The average Bonchev–Trinajstić information content (AvgIpc) is 3.02. The lowest BCUT2D eigenvalue weighted by Crippen LogP contribution is -2.18. The van der Waals surface area contributed by atoms with Crippen molar-refractivity contribution in [2.45, 2.75) is 83.8 Å². The SMILES string of the molecule is CC(C)(c1ccc(OCCCCCCCCOCCCCN)cc1)c1ccc(OCc2cncc(CNS(=O)[O-])n2)cc1. The lowest BCUT2D eigenvalue weighted by Gasteiger charge is -2.26. The number of rotatable bonds is 22. The van der Waals surface area contributed by atoms with Crippen molar-refractivity contribution in [3.8, 4) is 11.5 Å². The molecule has 0 bridgehead atoms. The van der Waals surface area contributed by atoms with Crippen LogP contribution in [-0.2, 0) is 34.6 Å². The van der Waals surface area contributed by atoms with E-state index in [2.05, 4.69) is 64.9 Å². The van der Waals surface area contributed by atoms with Crippen LogP contribution in [0.25, 0.3) is 0 Å². The summed E-state index contributed by atoms with van der Waals surface area (Å²) in [6.45, 7) is 7.92. The number of hydrogen-bond acceptors (Lipinski definition) is 8. The molecule has 0 aliphatic carbocycles. The van der Waals surface area contributed by atoms with E-state index in [9.17, 15) is 8.76 Å². The second kappa shape index (κ2) is 19.4. The molecule has 10 heteroatoms. The number of ether oxygens (including phenoxy) is 3. The van der Waals surface area contributed by atoms with Crippen molar-refractivity contribution in [2.24, 2.45) is 5.73 Å².